The normalized spacial score (nSPS) is 14.7. The van der Waals surface area contributed by atoms with Gasteiger partial charge in [0.05, 0.1) is 24.4 Å². The molecule has 0 heterocycles. The number of carbonyl (C=O) groups excluding carboxylic acids is 2. The van der Waals surface area contributed by atoms with Crippen molar-refractivity contribution in [1.29, 1.82) is 0 Å². The number of hydrogen-bond acceptors (Lipinski definition) is 9. The van der Waals surface area contributed by atoms with Crippen LogP contribution < -0.4 is 0 Å². The number of rotatable bonds is 15. The summed E-state index contributed by atoms with van der Waals surface area (Å²) in [5, 5.41) is 0. The number of esters is 2. The van der Waals surface area contributed by atoms with Crippen LogP contribution in [0.4, 0.5) is 0 Å². The molecule has 0 amide bonds. The highest BCUT2D eigenvalue weighted by Crippen LogP contribution is 2.16. The largest absolute Gasteiger partial charge is 0.461 e. The van der Waals surface area contributed by atoms with E-state index >= 15 is 0 Å². The second-order valence-corrected chi connectivity index (χ2v) is 8.67. The summed E-state index contributed by atoms with van der Waals surface area (Å²) in [6.07, 6.45) is -0.404. The van der Waals surface area contributed by atoms with Gasteiger partial charge in [-0.05, 0) is 69.2 Å². The van der Waals surface area contributed by atoms with Crippen LogP contribution in [0.2, 0.25) is 0 Å². The van der Waals surface area contributed by atoms with Crippen LogP contribution in [0, 0.1) is 0 Å². The molecule has 0 aliphatic carbocycles. The van der Waals surface area contributed by atoms with Gasteiger partial charge in [-0.2, -0.15) is 0 Å². The maximum absolute atomic E-state index is 12.2. The third-order valence-electron chi connectivity index (χ3n) is 3.63. The summed E-state index contributed by atoms with van der Waals surface area (Å²) in [4.78, 5) is 34.4. The number of ether oxygens (including phenoxy) is 5. The van der Waals surface area contributed by atoms with Gasteiger partial charge in [-0.15, -0.1) is 0 Å². The fraction of sp³-hybridized carbons (Fsp3) is 0.905. The summed E-state index contributed by atoms with van der Waals surface area (Å²) in [6, 6.07) is 0. The van der Waals surface area contributed by atoms with Crippen molar-refractivity contribution in [3.63, 3.8) is 0 Å². The Bertz CT molecular complexity index is 469. The monoisotopic (exact) mass is 436 g/mol. The van der Waals surface area contributed by atoms with E-state index in [0.717, 1.165) is 0 Å². The molecule has 0 fully saturated rings. The van der Waals surface area contributed by atoms with Gasteiger partial charge in [0.1, 0.15) is 13.2 Å². The van der Waals surface area contributed by atoms with Crippen LogP contribution in [0.3, 0.4) is 0 Å². The van der Waals surface area contributed by atoms with Crippen molar-refractivity contribution >= 4 is 11.9 Å². The molecule has 0 aromatic heterocycles. The van der Waals surface area contributed by atoms with Crippen LogP contribution in [0.5, 0.6) is 0 Å². The lowest BCUT2D eigenvalue weighted by Crippen LogP contribution is -2.41. The highest BCUT2D eigenvalue weighted by molar-refractivity contribution is 5.78. The summed E-state index contributed by atoms with van der Waals surface area (Å²) >= 11 is 0. The molecule has 30 heavy (non-hydrogen) atoms. The number of carbonyl (C=O) groups is 2. The van der Waals surface area contributed by atoms with Crippen LogP contribution in [-0.2, 0) is 43.0 Å². The first-order chi connectivity index (χ1) is 13.7. The Balaban J connectivity index is 4.29. The lowest BCUT2D eigenvalue weighted by atomic mass is 10.1. The molecule has 0 spiro atoms. The van der Waals surface area contributed by atoms with Crippen molar-refractivity contribution in [2.45, 2.75) is 105 Å². The molecule has 0 rings (SSSR count). The lowest BCUT2D eigenvalue weighted by Gasteiger charge is -2.26. The maximum atomic E-state index is 12.2. The van der Waals surface area contributed by atoms with E-state index in [4.69, 9.17) is 33.5 Å². The quantitative estimate of drug-likeness (QED) is 0.126. The van der Waals surface area contributed by atoms with Crippen molar-refractivity contribution in [3.05, 3.63) is 0 Å². The minimum Gasteiger partial charge on any atom is -0.461 e. The minimum atomic E-state index is -1.37. The standard InChI is InChI=1S/C21H40O9/c1-14(2)28-16(5)11-24-18(22)20(7,8)26-13-27-30-21(9,10)19(23)25-12-17(6)29-15(3)4/h14-17H,11-13H2,1-10H3. The summed E-state index contributed by atoms with van der Waals surface area (Å²) in [6.45, 7) is 17.1. The molecule has 2 atom stereocenters. The van der Waals surface area contributed by atoms with E-state index < -0.39 is 23.1 Å². The molecule has 178 valence electrons. The summed E-state index contributed by atoms with van der Waals surface area (Å²) < 4.78 is 26.8. The van der Waals surface area contributed by atoms with Gasteiger partial charge >= 0.3 is 11.9 Å². The Morgan fingerprint density at radius 2 is 1.10 bits per heavy atom. The van der Waals surface area contributed by atoms with Crippen molar-refractivity contribution < 1.29 is 43.0 Å². The van der Waals surface area contributed by atoms with Crippen LogP contribution >= 0.6 is 0 Å². The lowest BCUT2D eigenvalue weighted by molar-refractivity contribution is -0.385. The van der Waals surface area contributed by atoms with Crippen LogP contribution in [0.25, 0.3) is 0 Å². The topological polar surface area (TPSA) is 98.8 Å². The van der Waals surface area contributed by atoms with Crippen molar-refractivity contribution in [2.75, 3.05) is 20.0 Å². The Hall–Kier alpha value is -1.26. The highest BCUT2D eigenvalue weighted by Gasteiger charge is 2.34. The average molecular weight is 437 g/mol. The molecule has 9 nitrogen and oxygen atoms in total. The van der Waals surface area contributed by atoms with E-state index in [9.17, 15) is 9.59 Å². The van der Waals surface area contributed by atoms with Crippen LogP contribution in [0.15, 0.2) is 0 Å². The summed E-state index contributed by atoms with van der Waals surface area (Å²) in [5.74, 6) is -1.18. The van der Waals surface area contributed by atoms with Crippen molar-refractivity contribution in [3.8, 4) is 0 Å². The fourth-order valence-electron chi connectivity index (χ4n) is 2.18. The van der Waals surface area contributed by atoms with Crippen molar-refractivity contribution in [1.82, 2.24) is 0 Å². The average Bonchev–Trinajstić information content (AvgIpc) is 2.60. The molecular formula is C21H40O9. The van der Waals surface area contributed by atoms with Gasteiger partial charge in [0.2, 0.25) is 0 Å². The third kappa shape index (κ3) is 12.4. The molecule has 0 N–H and O–H groups in total. The molecule has 0 saturated heterocycles. The Labute approximate surface area is 180 Å². The molecule has 0 aromatic carbocycles. The second-order valence-electron chi connectivity index (χ2n) is 8.67. The zero-order valence-electron chi connectivity index (χ0n) is 20.1. The zero-order chi connectivity index (χ0) is 23.5. The first-order valence-corrected chi connectivity index (χ1v) is 10.3. The van der Waals surface area contributed by atoms with E-state index in [1.807, 2.05) is 41.5 Å². The van der Waals surface area contributed by atoms with Gasteiger partial charge in [0.25, 0.3) is 0 Å². The Morgan fingerprint density at radius 3 is 1.50 bits per heavy atom. The zero-order valence-corrected chi connectivity index (χ0v) is 20.1. The summed E-state index contributed by atoms with van der Waals surface area (Å²) in [7, 11) is 0. The van der Waals surface area contributed by atoms with Crippen LogP contribution in [-0.4, -0.2) is 67.6 Å². The van der Waals surface area contributed by atoms with E-state index in [0.29, 0.717) is 0 Å². The molecule has 0 aromatic rings. The minimum absolute atomic E-state index is 0.0319. The van der Waals surface area contributed by atoms with E-state index in [-0.39, 0.29) is 44.4 Å². The first kappa shape index (κ1) is 28.7. The van der Waals surface area contributed by atoms with E-state index in [1.165, 1.54) is 13.8 Å². The second kappa shape index (κ2) is 13.2. The van der Waals surface area contributed by atoms with Gasteiger partial charge in [0.15, 0.2) is 18.0 Å². The maximum Gasteiger partial charge on any atom is 0.341 e. The summed E-state index contributed by atoms with van der Waals surface area (Å²) in [5.41, 5.74) is -2.63. The number of hydrogen-bond donors (Lipinski definition) is 0. The predicted molar refractivity (Wildman–Crippen MR) is 110 cm³/mol. The van der Waals surface area contributed by atoms with E-state index in [1.54, 1.807) is 13.8 Å². The molecule has 0 radical (unpaired) electrons. The molecule has 0 aliphatic heterocycles. The van der Waals surface area contributed by atoms with Gasteiger partial charge in [0, 0.05) is 0 Å². The third-order valence-corrected chi connectivity index (χ3v) is 3.63. The van der Waals surface area contributed by atoms with Gasteiger partial charge < -0.3 is 23.7 Å². The molecule has 0 aliphatic rings. The van der Waals surface area contributed by atoms with Gasteiger partial charge in [-0.25, -0.2) is 19.4 Å². The first-order valence-electron chi connectivity index (χ1n) is 10.3. The SMILES string of the molecule is CC(C)OC(C)COC(=O)C(C)(C)OCOOC(C)(C)C(=O)OCC(C)OC(C)C. The molecule has 0 bridgehead atoms. The molecule has 9 heteroatoms. The fourth-order valence-corrected chi connectivity index (χ4v) is 2.18. The van der Waals surface area contributed by atoms with E-state index in [2.05, 4.69) is 0 Å². The van der Waals surface area contributed by atoms with Gasteiger partial charge in [-0.1, -0.05) is 0 Å². The van der Waals surface area contributed by atoms with Crippen molar-refractivity contribution in [2.24, 2.45) is 0 Å². The van der Waals surface area contributed by atoms with Crippen LogP contribution in [0.1, 0.15) is 69.2 Å². The predicted octanol–water partition coefficient (Wildman–Crippen LogP) is 3.18. The highest BCUT2D eigenvalue weighted by atomic mass is 17.2. The van der Waals surface area contributed by atoms with Gasteiger partial charge in [-0.3, -0.25) is 0 Å². The Kier molecular flexibility index (Phi) is 12.7. The molecule has 2 unspecified atom stereocenters. The molecular weight excluding hydrogens is 396 g/mol. The Morgan fingerprint density at radius 1 is 0.700 bits per heavy atom. The smallest absolute Gasteiger partial charge is 0.341 e. The molecule has 0 saturated carbocycles.